The van der Waals surface area contributed by atoms with Gasteiger partial charge in [0.05, 0.1) is 0 Å². The zero-order chi connectivity index (χ0) is 15.1. The molecule has 2 heterocycles. The Morgan fingerprint density at radius 3 is 2.91 bits per heavy atom. The summed E-state index contributed by atoms with van der Waals surface area (Å²) in [4.78, 5) is 15.5. The lowest BCUT2D eigenvalue weighted by atomic mass is 10.1. The van der Waals surface area contributed by atoms with E-state index in [0.717, 1.165) is 11.1 Å². The number of nitrogens with zero attached hydrogens (tertiary/aromatic N) is 8. The number of benzene rings is 1. The van der Waals surface area contributed by atoms with Crippen molar-refractivity contribution in [3.63, 3.8) is 0 Å². The monoisotopic (exact) mass is 291 g/mol. The van der Waals surface area contributed by atoms with E-state index >= 15 is 0 Å². The number of carbonyl (C=O) groups excluding carboxylic acids is 1. The number of fused-ring (bicyclic) bond motifs is 4. The van der Waals surface area contributed by atoms with Crippen LogP contribution in [0.1, 0.15) is 11.3 Å². The van der Waals surface area contributed by atoms with Crippen molar-refractivity contribution < 1.29 is 4.79 Å². The van der Waals surface area contributed by atoms with Crippen molar-refractivity contribution >= 4 is 17.4 Å². The standard InChI is InChI=1S/C12H5N9O/c13-5-8(22)15-16-10-7-4-2-1-3-6(7)9-11(10)18-21-12(14-9)17-19-20-21/h1-4H,(H,15,22)/b16-10-. The minimum absolute atomic E-state index is 0.260. The van der Waals surface area contributed by atoms with Crippen LogP contribution in [0.2, 0.25) is 0 Å². The Morgan fingerprint density at radius 2 is 2.09 bits per heavy atom. The second-order valence-corrected chi connectivity index (χ2v) is 4.34. The van der Waals surface area contributed by atoms with Gasteiger partial charge < -0.3 is 0 Å². The number of nitriles is 1. The average Bonchev–Trinajstić information content (AvgIpc) is 3.12. The second-order valence-electron chi connectivity index (χ2n) is 4.34. The van der Waals surface area contributed by atoms with Gasteiger partial charge in [0.1, 0.15) is 17.1 Å². The molecule has 3 aromatic rings. The molecule has 0 unspecified atom stereocenters. The van der Waals surface area contributed by atoms with E-state index in [1.807, 2.05) is 24.3 Å². The van der Waals surface area contributed by atoms with Crippen LogP contribution in [0.5, 0.6) is 0 Å². The number of carbonyl (C=O) groups is 1. The highest BCUT2D eigenvalue weighted by Gasteiger charge is 2.29. The van der Waals surface area contributed by atoms with E-state index in [1.165, 1.54) is 10.7 Å². The molecule has 104 valence electrons. The van der Waals surface area contributed by atoms with E-state index in [2.05, 4.69) is 36.1 Å². The summed E-state index contributed by atoms with van der Waals surface area (Å²) in [6.45, 7) is 0. The molecule has 0 saturated heterocycles. The molecule has 1 aromatic carbocycles. The van der Waals surface area contributed by atoms with Gasteiger partial charge in [0.2, 0.25) is 0 Å². The Labute approximate surface area is 122 Å². The molecule has 4 rings (SSSR count). The number of hydrazone groups is 1. The molecule has 1 aliphatic rings. The molecule has 1 aliphatic carbocycles. The minimum Gasteiger partial charge on any atom is -0.255 e. The van der Waals surface area contributed by atoms with Gasteiger partial charge in [-0.3, -0.25) is 4.79 Å². The summed E-state index contributed by atoms with van der Waals surface area (Å²) in [7, 11) is 0. The quantitative estimate of drug-likeness (QED) is 0.361. The van der Waals surface area contributed by atoms with Gasteiger partial charge in [-0.05, 0) is 10.4 Å². The summed E-state index contributed by atoms with van der Waals surface area (Å²) in [6, 6.07) is 8.80. The number of amides is 1. The third-order valence-corrected chi connectivity index (χ3v) is 3.10. The van der Waals surface area contributed by atoms with E-state index in [9.17, 15) is 4.79 Å². The summed E-state index contributed by atoms with van der Waals surface area (Å²) >= 11 is 0. The number of rotatable bonds is 1. The van der Waals surface area contributed by atoms with E-state index in [4.69, 9.17) is 5.26 Å². The fourth-order valence-corrected chi connectivity index (χ4v) is 2.22. The number of tetrazole rings is 1. The fraction of sp³-hybridized carbons (Fsp3) is 0. The van der Waals surface area contributed by atoms with Crippen molar-refractivity contribution in [1.82, 2.24) is 35.7 Å². The Balaban J connectivity index is 1.96. The molecular weight excluding hydrogens is 286 g/mol. The van der Waals surface area contributed by atoms with Gasteiger partial charge in [-0.1, -0.05) is 34.0 Å². The molecule has 0 bridgehead atoms. The van der Waals surface area contributed by atoms with Crippen LogP contribution in [0.4, 0.5) is 0 Å². The molecule has 0 aliphatic heterocycles. The van der Waals surface area contributed by atoms with Crippen LogP contribution in [0.3, 0.4) is 0 Å². The molecule has 2 aromatic heterocycles. The van der Waals surface area contributed by atoms with Crippen molar-refractivity contribution in [3.05, 3.63) is 35.5 Å². The molecule has 10 heteroatoms. The summed E-state index contributed by atoms with van der Waals surface area (Å²) in [5, 5.41) is 27.7. The Kier molecular flexibility index (Phi) is 2.40. The molecule has 0 radical (unpaired) electrons. The van der Waals surface area contributed by atoms with Gasteiger partial charge in [-0.25, -0.2) is 10.4 Å². The number of hydrogen-bond donors (Lipinski definition) is 1. The fourth-order valence-electron chi connectivity index (χ4n) is 2.22. The number of aromatic nitrogens is 6. The lowest BCUT2D eigenvalue weighted by Gasteiger charge is -1.99. The summed E-state index contributed by atoms with van der Waals surface area (Å²) in [5.41, 5.74) is 5.11. The summed E-state index contributed by atoms with van der Waals surface area (Å²) in [6.07, 6.45) is 0. The molecule has 0 spiro atoms. The minimum atomic E-state index is -0.866. The molecule has 1 N–H and O–H groups in total. The van der Waals surface area contributed by atoms with Gasteiger partial charge in [0, 0.05) is 11.1 Å². The molecular formula is C12H5N9O. The zero-order valence-corrected chi connectivity index (χ0v) is 10.8. The first kappa shape index (κ1) is 12.0. The largest absolute Gasteiger partial charge is 0.342 e. The Hall–Kier alpha value is -3.74. The van der Waals surface area contributed by atoms with Crippen LogP contribution in [-0.4, -0.2) is 41.9 Å². The normalized spacial score (nSPS) is 13.7. The van der Waals surface area contributed by atoms with E-state index < -0.39 is 5.91 Å². The second kappa shape index (κ2) is 4.38. The highest BCUT2D eigenvalue weighted by atomic mass is 16.2. The maximum atomic E-state index is 11.1. The summed E-state index contributed by atoms with van der Waals surface area (Å²) < 4.78 is 1.17. The number of nitrogens with one attached hydrogen (secondary N) is 1. The highest BCUT2D eigenvalue weighted by molar-refractivity contribution is 6.22. The SMILES string of the molecule is N#CC(=O)N/N=C1/c2ccccc2-c2nc3nnnn3nc21. The van der Waals surface area contributed by atoms with Gasteiger partial charge in [0.15, 0.2) is 6.07 Å². The topological polar surface area (TPSA) is 134 Å². The van der Waals surface area contributed by atoms with Crippen LogP contribution in [0.25, 0.3) is 17.0 Å². The Bertz CT molecular complexity index is 997. The Morgan fingerprint density at radius 1 is 1.27 bits per heavy atom. The van der Waals surface area contributed by atoms with Crippen LogP contribution in [-0.2, 0) is 4.79 Å². The van der Waals surface area contributed by atoms with E-state index in [1.54, 1.807) is 0 Å². The van der Waals surface area contributed by atoms with Crippen molar-refractivity contribution in [2.75, 3.05) is 0 Å². The molecule has 22 heavy (non-hydrogen) atoms. The van der Waals surface area contributed by atoms with Gasteiger partial charge >= 0.3 is 5.91 Å². The lowest BCUT2D eigenvalue weighted by molar-refractivity contribution is -0.115. The van der Waals surface area contributed by atoms with Crippen molar-refractivity contribution in [1.29, 1.82) is 5.26 Å². The van der Waals surface area contributed by atoms with Crippen molar-refractivity contribution in [2.45, 2.75) is 0 Å². The maximum absolute atomic E-state index is 11.1. The molecule has 0 fully saturated rings. The first-order valence-electron chi connectivity index (χ1n) is 6.12. The van der Waals surface area contributed by atoms with E-state index in [-0.39, 0.29) is 5.78 Å². The third kappa shape index (κ3) is 1.63. The van der Waals surface area contributed by atoms with Crippen LogP contribution < -0.4 is 5.43 Å². The maximum Gasteiger partial charge on any atom is 0.342 e. The summed E-state index contributed by atoms with van der Waals surface area (Å²) in [5.74, 6) is -0.606. The van der Waals surface area contributed by atoms with Crippen LogP contribution >= 0.6 is 0 Å². The predicted molar refractivity (Wildman–Crippen MR) is 71.2 cm³/mol. The highest BCUT2D eigenvalue weighted by Crippen LogP contribution is 2.33. The first-order valence-corrected chi connectivity index (χ1v) is 6.12. The number of hydrogen-bond acceptors (Lipinski definition) is 8. The van der Waals surface area contributed by atoms with Gasteiger partial charge in [-0.2, -0.15) is 10.4 Å². The molecule has 10 nitrogen and oxygen atoms in total. The average molecular weight is 291 g/mol. The molecule has 1 amide bonds. The predicted octanol–water partition coefficient (Wildman–Crippen LogP) is -0.713. The van der Waals surface area contributed by atoms with Crippen molar-refractivity contribution in [2.24, 2.45) is 5.10 Å². The van der Waals surface area contributed by atoms with Crippen LogP contribution in [0.15, 0.2) is 29.4 Å². The van der Waals surface area contributed by atoms with Crippen molar-refractivity contribution in [3.8, 4) is 17.3 Å². The molecule has 0 saturated carbocycles. The van der Waals surface area contributed by atoms with Crippen LogP contribution in [0, 0.1) is 11.3 Å². The van der Waals surface area contributed by atoms with E-state index in [0.29, 0.717) is 17.1 Å². The molecule has 0 atom stereocenters. The third-order valence-electron chi connectivity index (χ3n) is 3.10. The lowest BCUT2D eigenvalue weighted by Crippen LogP contribution is -2.18. The van der Waals surface area contributed by atoms with Gasteiger partial charge in [-0.15, -0.1) is 5.10 Å². The zero-order valence-electron chi connectivity index (χ0n) is 10.8. The van der Waals surface area contributed by atoms with Gasteiger partial charge in [0.25, 0.3) is 5.78 Å². The first-order chi connectivity index (χ1) is 10.8. The smallest absolute Gasteiger partial charge is 0.255 e.